The molecule has 2 amide bonds. The summed E-state index contributed by atoms with van der Waals surface area (Å²) in [6.45, 7) is 6.32. The van der Waals surface area contributed by atoms with E-state index in [1.807, 2.05) is 13.8 Å². The summed E-state index contributed by atoms with van der Waals surface area (Å²) in [4.78, 5) is 21.6. The maximum absolute atomic E-state index is 11.1. The van der Waals surface area contributed by atoms with E-state index in [1.54, 1.807) is 0 Å². The first-order valence-corrected chi connectivity index (χ1v) is 5.32. The van der Waals surface area contributed by atoms with Gasteiger partial charge in [-0.05, 0) is 27.2 Å². The van der Waals surface area contributed by atoms with Crippen LogP contribution in [0.1, 0.15) is 27.2 Å². The molecular weight excluding hydrogens is 212 g/mol. The van der Waals surface area contributed by atoms with Crippen molar-refractivity contribution in [2.75, 3.05) is 13.2 Å². The number of ether oxygens (including phenoxy) is 1. The molecule has 1 unspecified atom stereocenters. The van der Waals surface area contributed by atoms with Crippen LogP contribution in [-0.2, 0) is 9.53 Å². The summed E-state index contributed by atoms with van der Waals surface area (Å²) in [6, 6.07) is -1.36. The molecule has 0 aliphatic carbocycles. The highest BCUT2D eigenvalue weighted by atomic mass is 16.5. The molecule has 1 atom stereocenters. The first-order chi connectivity index (χ1) is 7.43. The van der Waals surface area contributed by atoms with Crippen molar-refractivity contribution < 1.29 is 19.4 Å². The van der Waals surface area contributed by atoms with Gasteiger partial charge >= 0.3 is 12.0 Å². The summed E-state index contributed by atoms with van der Waals surface area (Å²) in [6.07, 6.45) is 0.883. The number of aliphatic carboxylic acids is 1. The van der Waals surface area contributed by atoms with Crippen LogP contribution in [0.4, 0.5) is 4.79 Å². The first-order valence-electron chi connectivity index (χ1n) is 5.32. The zero-order valence-electron chi connectivity index (χ0n) is 9.95. The molecule has 0 aromatic heterocycles. The van der Waals surface area contributed by atoms with Crippen LogP contribution in [0.5, 0.6) is 0 Å². The summed E-state index contributed by atoms with van der Waals surface area (Å²) in [7, 11) is 0. The van der Waals surface area contributed by atoms with E-state index in [4.69, 9.17) is 9.84 Å². The Morgan fingerprint density at radius 1 is 1.31 bits per heavy atom. The molecule has 0 aliphatic rings. The lowest BCUT2D eigenvalue weighted by Gasteiger charge is -2.11. The Balaban J connectivity index is 3.48. The number of urea groups is 1. The lowest BCUT2D eigenvalue weighted by molar-refractivity contribution is -0.138. The molecule has 0 rings (SSSR count). The van der Waals surface area contributed by atoms with Gasteiger partial charge < -0.3 is 20.5 Å². The lowest BCUT2D eigenvalue weighted by atomic mass is 10.3. The van der Waals surface area contributed by atoms with Crippen molar-refractivity contribution in [1.29, 1.82) is 0 Å². The standard InChI is InChI=1S/C10H20N2O4/c1-7(2)16-6-4-5-11-10(15)12-8(3)9(13)14/h7-8H,4-6H2,1-3H3,(H,13,14)(H2,11,12,15). The van der Waals surface area contributed by atoms with Crippen LogP contribution in [0.3, 0.4) is 0 Å². The summed E-state index contributed by atoms with van der Waals surface area (Å²) >= 11 is 0. The zero-order chi connectivity index (χ0) is 12.6. The van der Waals surface area contributed by atoms with E-state index < -0.39 is 18.0 Å². The van der Waals surface area contributed by atoms with E-state index in [1.165, 1.54) is 6.92 Å². The average molecular weight is 232 g/mol. The molecule has 0 heterocycles. The average Bonchev–Trinajstić information content (AvgIpc) is 2.16. The third-order valence-electron chi connectivity index (χ3n) is 1.78. The van der Waals surface area contributed by atoms with Gasteiger partial charge in [0.25, 0.3) is 0 Å². The largest absolute Gasteiger partial charge is 0.480 e. The fraction of sp³-hybridized carbons (Fsp3) is 0.800. The quantitative estimate of drug-likeness (QED) is 0.560. The van der Waals surface area contributed by atoms with Crippen LogP contribution < -0.4 is 10.6 Å². The number of rotatable bonds is 7. The van der Waals surface area contributed by atoms with Gasteiger partial charge in [0, 0.05) is 13.2 Å². The van der Waals surface area contributed by atoms with Crippen molar-refractivity contribution in [2.45, 2.75) is 39.3 Å². The minimum Gasteiger partial charge on any atom is -0.480 e. The normalized spacial score (nSPS) is 12.2. The molecule has 0 spiro atoms. The van der Waals surface area contributed by atoms with Crippen LogP contribution in [0.15, 0.2) is 0 Å². The molecule has 0 aliphatic heterocycles. The molecule has 94 valence electrons. The van der Waals surface area contributed by atoms with Gasteiger partial charge in [-0.1, -0.05) is 0 Å². The molecule has 3 N–H and O–H groups in total. The fourth-order valence-corrected chi connectivity index (χ4v) is 0.903. The Labute approximate surface area is 95.4 Å². The molecule has 0 saturated carbocycles. The molecule has 0 aromatic carbocycles. The van der Waals surface area contributed by atoms with Gasteiger partial charge in [-0.2, -0.15) is 0 Å². The second kappa shape index (κ2) is 7.92. The summed E-state index contributed by atoms with van der Waals surface area (Å²) < 4.78 is 5.28. The Morgan fingerprint density at radius 3 is 2.44 bits per heavy atom. The first kappa shape index (κ1) is 14.7. The highest BCUT2D eigenvalue weighted by Crippen LogP contribution is 1.89. The van der Waals surface area contributed by atoms with E-state index in [0.29, 0.717) is 19.6 Å². The Hall–Kier alpha value is -1.30. The van der Waals surface area contributed by atoms with Gasteiger partial charge in [0.05, 0.1) is 6.10 Å². The highest BCUT2D eigenvalue weighted by molar-refractivity contribution is 5.82. The van der Waals surface area contributed by atoms with Crippen LogP contribution in [-0.4, -0.2) is 42.4 Å². The topological polar surface area (TPSA) is 87.7 Å². The molecular formula is C10H20N2O4. The Kier molecular flexibility index (Phi) is 7.28. The van der Waals surface area contributed by atoms with E-state index in [9.17, 15) is 9.59 Å². The number of carboxylic acid groups (broad SMARTS) is 1. The summed E-state index contributed by atoms with van der Waals surface area (Å²) in [5.74, 6) is -1.06. The predicted molar refractivity (Wildman–Crippen MR) is 59.3 cm³/mol. The minimum atomic E-state index is -1.06. The number of hydrogen-bond acceptors (Lipinski definition) is 3. The molecule has 16 heavy (non-hydrogen) atoms. The van der Waals surface area contributed by atoms with Crippen molar-refractivity contribution in [3.05, 3.63) is 0 Å². The lowest BCUT2D eigenvalue weighted by Crippen LogP contribution is -2.44. The monoisotopic (exact) mass is 232 g/mol. The van der Waals surface area contributed by atoms with Gasteiger partial charge in [-0.25, -0.2) is 4.79 Å². The third-order valence-corrected chi connectivity index (χ3v) is 1.78. The van der Waals surface area contributed by atoms with Gasteiger partial charge in [-0.3, -0.25) is 4.79 Å². The predicted octanol–water partition coefficient (Wildman–Crippen LogP) is 0.574. The SMILES string of the molecule is CC(C)OCCCNC(=O)NC(C)C(=O)O. The van der Waals surface area contributed by atoms with Gasteiger partial charge in [-0.15, -0.1) is 0 Å². The number of hydrogen-bond donors (Lipinski definition) is 3. The van der Waals surface area contributed by atoms with E-state index in [0.717, 1.165) is 0 Å². The Morgan fingerprint density at radius 2 is 1.94 bits per heavy atom. The van der Waals surface area contributed by atoms with Crippen molar-refractivity contribution in [3.8, 4) is 0 Å². The highest BCUT2D eigenvalue weighted by Gasteiger charge is 2.12. The molecule has 6 nitrogen and oxygen atoms in total. The summed E-state index contributed by atoms with van der Waals surface area (Å²) in [5, 5.41) is 13.4. The van der Waals surface area contributed by atoms with Crippen LogP contribution in [0, 0.1) is 0 Å². The van der Waals surface area contributed by atoms with Crippen molar-refractivity contribution in [3.63, 3.8) is 0 Å². The fourth-order valence-electron chi connectivity index (χ4n) is 0.903. The van der Waals surface area contributed by atoms with Crippen molar-refractivity contribution >= 4 is 12.0 Å². The number of carbonyl (C=O) groups excluding carboxylic acids is 1. The number of amides is 2. The van der Waals surface area contributed by atoms with E-state index in [-0.39, 0.29) is 6.10 Å². The molecule has 0 saturated heterocycles. The smallest absolute Gasteiger partial charge is 0.325 e. The third kappa shape index (κ3) is 8.05. The van der Waals surface area contributed by atoms with Gasteiger partial charge in [0.1, 0.15) is 6.04 Å². The maximum atomic E-state index is 11.1. The van der Waals surface area contributed by atoms with Gasteiger partial charge in [0.15, 0.2) is 0 Å². The maximum Gasteiger partial charge on any atom is 0.325 e. The zero-order valence-corrected chi connectivity index (χ0v) is 9.95. The number of nitrogens with one attached hydrogen (secondary N) is 2. The van der Waals surface area contributed by atoms with E-state index >= 15 is 0 Å². The van der Waals surface area contributed by atoms with E-state index in [2.05, 4.69) is 10.6 Å². The summed E-state index contributed by atoms with van der Waals surface area (Å²) in [5.41, 5.74) is 0. The second-order valence-electron chi connectivity index (χ2n) is 3.73. The van der Waals surface area contributed by atoms with Crippen LogP contribution in [0.25, 0.3) is 0 Å². The molecule has 0 bridgehead atoms. The second-order valence-corrected chi connectivity index (χ2v) is 3.73. The molecule has 0 fully saturated rings. The van der Waals surface area contributed by atoms with Crippen LogP contribution >= 0.6 is 0 Å². The number of carbonyl (C=O) groups is 2. The molecule has 0 aromatic rings. The van der Waals surface area contributed by atoms with Crippen LogP contribution in [0.2, 0.25) is 0 Å². The Bertz CT molecular complexity index is 231. The van der Waals surface area contributed by atoms with Crippen molar-refractivity contribution in [2.24, 2.45) is 0 Å². The molecule has 6 heteroatoms. The minimum absolute atomic E-state index is 0.181. The van der Waals surface area contributed by atoms with Crippen molar-refractivity contribution in [1.82, 2.24) is 10.6 Å². The number of carboxylic acids is 1. The van der Waals surface area contributed by atoms with Gasteiger partial charge in [0.2, 0.25) is 0 Å². The molecule has 0 radical (unpaired) electrons.